The molecule has 0 radical (unpaired) electrons. The highest BCUT2D eigenvalue weighted by atomic mass is 32.2. The third-order valence-corrected chi connectivity index (χ3v) is 8.26. The van der Waals surface area contributed by atoms with Crippen LogP contribution < -0.4 is 20.1 Å². The lowest BCUT2D eigenvalue weighted by atomic mass is 9.95. The fourth-order valence-electron chi connectivity index (χ4n) is 5.66. The van der Waals surface area contributed by atoms with Gasteiger partial charge in [0.2, 0.25) is 21.9 Å². The van der Waals surface area contributed by atoms with Gasteiger partial charge in [-0.3, -0.25) is 4.72 Å². The zero-order chi connectivity index (χ0) is 31.7. The van der Waals surface area contributed by atoms with Crippen LogP contribution in [0, 0.1) is 24.5 Å². The highest BCUT2D eigenvalue weighted by Crippen LogP contribution is 2.42. The molecule has 232 valence electrons. The van der Waals surface area contributed by atoms with Gasteiger partial charge in [-0.05, 0) is 73.2 Å². The highest BCUT2D eigenvalue weighted by Gasteiger charge is 2.22. The Morgan fingerprint density at radius 1 is 0.933 bits per heavy atom. The van der Waals surface area contributed by atoms with Crippen molar-refractivity contribution in [2.24, 2.45) is 5.92 Å². The molecule has 0 amide bonds. The van der Waals surface area contributed by atoms with Gasteiger partial charge in [-0.1, -0.05) is 31.2 Å². The van der Waals surface area contributed by atoms with Crippen molar-refractivity contribution in [2.45, 2.75) is 26.3 Å². The number of anilines is 2. The fourth-order valence-corrected chi connectivity index (χ4v) is 6.22. The molecule has 0 aliphatic carbocycles. The van der Waals surface area contributed by atoms with Crippen molar-refractivity contribution in [1.82, 2.24) is 20.3 Å². The summed E-state index contributed by atoms with van der Waals surface area (Å²) < 4.78 is 63.3. The van der Waals surface area contributed by atoms with Gasteiger partial charge in [0.15, 0.2) is 5.82 Å². The van der Waals surface area contributed by atoms with Crippen molar-refractivity contribution in [1.29, 1.82) is 0 Å². The topological polar surface area (TPSA) is 118 Å². The maximum Gasteiger partial charge on any atom is 0.229 e. The monoisotopic (exact) mass is 630 g/mol. The predicted molar refractivity (Wildman–Crippen MR) is 172 cm³/mol. The molecule has 1 aliphatic rings. The molecule has 3 aromatic carbocycles. The molecule has 9 nitrogen and oxygen atoms in total. The van der Waals surface area contributed by atoms with Crippen molar-refractivity contribution in [3.05, 3.63) is 90.3 Å². The molecule has 1 fully saturated rings. The van der Waals surface area contributed by atoms with Crippen LogP contribution in [0.5, 0.6) is 11.6 Å². The van der Waals surface area contributed by atoms with Crippen LogP contribution in [0.25, 0.3) is 33.2 Å². The molecule has 0 unspecified atom stereocenters. The number of pyridine rings is 1. The van der Waals surface area contributed by atoms with E-state index in [1.807, 2.05) is 13.0 Å². The van der Waals surface area contributed by atoms with Crippen LogP contribution in [-0.4, -0.2) is 48.8 Å². The first-order valence-electron chi connectivity index (χ1n) is 14.5. The van der Waals surface area contributed by atoms with Crippen molar-refractivity contribution in [2.75, 3.05) is 29.4 Å². The lowest BCUT2D eigenvalue weighted by Gasteiger charge is -2.28. The van der Waals surface area contributed by atoms with E-state index in [-0.39, 0.29) is 28.7 Å². The average Bonchev–Trinajstić information content (AvgIpc) is 3.00. The number of piperidine rings is 1. The van der Waals surface area contributed by atoms with E-state index in [1.165, 1.54) is 24.3 Å². The largest absolute Gasteiger partial charge is 0.437 e. The van der Waals surface area contributed by atoms with Gasteiger partial charge >= 0.3 is 0 Å². The first kappa shape index (κ1) is 30.4. The van der Waals surface area contributed by atoms with Crippen molar-refractivity contribution < 1.29 is 21.9 Å². The number of nitrogens with zero attached hydrogens (tertiary/aromatic N) is 3. The summed E-state index contributed by atoms with van der Waals surface area (Å²) in [7, 11) is -3.76. The first-order chi connectivity index (χ1) is 21.6. The van der Waals surface area contributed by atoms with E-state index in [9.17, 15) is 8.42 Å². The third-order valence-electron chi connectivity index (χ3n) is 7.67. The zero-order valence-electron chi connectivity index (χ0n) is 24.9. The summed E-state index contributed by atoms with van der Waals surface area (Å²) in [4.78, 5) is 13.7. The second-order valence-corrected chi connectivity index (χ2v) is 13.1. The van der Waals surface area contributed by atoms with Crippen LogP contribution in [0.1, 0.15) is 18.9 Å². The number of sulfonamides is 1. The van der Waals surface area contributed by atoms with Gasteiger partial charge in [0.1, 0.15) is 11.6 Å². The summed E-state index contributed by atoms with van der Waals surface area (Å²) in [5, 5.41) is 7.75. The van der Waals surface area contributed by atoms with Crippen molar-refractivity contribution in [3.8, 4) is 34.0 Å². The normalized spacial score (nSPS) is 16.8. The summed E-state index contributed by atoms with van der Waals surface area (Å²) in [6.45, 7) is 5.86. The smallest absolute Gasteiger partial charge is 0.229 e. The molecule has 3 heterocycles. The van der Waals surface area contributed by atoms with Crippen LogP contribution in [0.2, 0.25) is 0 Å². The molecule has 0 saturated carbocycles. The average molecular weight is 631 g/mol. The Morgan fingerprint density at radius 2 is 1.73 bits per heavy atom. The number of ether oxygens (including phenoxy) is 1. The molecule has 2 aromatic heterocycles. The Bertz CT molecular complexity index is 2010. The molecule has 6 rings (SSSR count). The third kappa shape index (κ3) is 6.57. The summed E-state index contributed by atoms with van der Waals surface area (Å²) >= 11 is 0. The highest BCUT2D eigenvalue weighted by molar-refractivity contribution is 7.92. The SMILES string of the molecule is Cc1ccc2c(-c3cccc(NS(C)(=O)=O)c3F)c(F)ccc2c1Oc1ncccc1-c1ccnc(N[C@@H]2CNC[C@H](C)C2)n1. The van der Waals surface area contributed by atoms with Gasteiger partial charge in [0.05, 0.1) is 23.2 Å². The second-order valence-electron chi connectivity index (χ2n) is 11.3. The number of hydrogen-bond acceptors (Lipinski definition) is 8. The lowest BCUT2D eigenvalue weighted by molar-refractivity contribution is 0.377. The van der Waals surface area contributed by atoms with Gasteiger partial charge < -0.3 is 15.4 Å². The number of aryl methyl sites for hydroxylation is 1. The number of hydrogen-bond donors (Lipinski definition) is 3. The first-order valence-corrected chi connectivity index (χ1v) is 16.4. The fraction of sp³-hybridized carbons (Fsp3) is 0.242. The van der Waals surface area contributed by atoms with Crippen LogP contribution in [0.15, 0.2) is 73.1 Å². The Labute approximate surface area is 260 Å². The minimum atomic E-state index is -3.76. The molecule has 1 aliphatic heterocycles. The zero-order valence-corrected chi connectivity index (χ0v) is 25.8. The Morgan fingerprint density at radius 3 is 2.53 bits per heavy atom. The molecular weight excluding hydrogens is 598 g/mol. The molecule has 0 bridgehead atoms. The van der Waals surface area contributed by atoms with Crippen molar-refractivity contribution >= 4 is 32.4 Å². The minimum Gasteiger partial charge on any atom is -0.437 e. The summed E-state index contributed by atoms with van der Waals surface area (Å²) in [6.07, 6.45) is 5.21. The van der Waals surface area contributed by atoms with Gasteiger partial charge in [0.25, 0.3) is 0 Å². The van der Waals surface area contributed by atoms with E-state index < -0.39 is 21.7 Å². The predicted octanol–water partition coefficient (Wildman–Crippen LogP) is 6.52. The maximum absolute atomic E-state index is 15.6. The summed E-state index contributed by atoms with van der Waals surface area (Å²) in [5.74, 6) is 0.168. The standard InChI is InChI=1S/C33H32F2N6O3S/c1-19-16-21(18-36-17-19)39-33-38-15-13-27(40-33)24-7-5-14-37-32(24)44-31-20(2)9-10-22-23(31)11-12-26(34)29(22)25-6-4-8-28(30(25)35)41-45(3,42)43/h4-15,19,21,36,41H,16-18H2,1-3H3,(H,38,39,40)/t19-,21+/m1/s1. The van der Waals surface area contributed by atoms with Gasteiger partial charge in [-0.25, -0.2) is 32.2 Å². The second kappa shape index (κ2) is 12.4. The number of aromatic nitrogens is 3. The molecule has 1 saturated heterocycles. The van der Waals surface area contributed by atoms with Crippen LogP contribution in [-0.2, 0) is 10.0 Å². The lowest BCUT2D eigenvalue weighted by Crippen LogP contribution is -2.42. The van der Waals surface area contributed by atoms with Crippen LogP contribution in [0.3, 0.4) is 0 Å². The van der Waals surface area contributed by atoms with Gasteiger partial charge in [-0.2, -0.15) is 0 Å². The minimum absolute atomic E-state index is 0.0220. The molecular formula is C33H32F2N6O3S. The Balaban J connectivity index is 1.39. The number of fused-ring (bicyclic) bond motifs is 1. The maximum atomic E-state index is 15.6. The van der Waals surface area contributed by atoms with E-state index >= 15 is 8.78 Å². The molecule has 5 aromatic rings. The van der Waals surface area contributed by atoms with E-state index in [0.29, 0.717) is 39.6 Å². The van der Waals surface area contributed by atoms with Crippen LogP contribution in [0.4, 0.5) is 20.4 Å². The summed E-state index contributed by atoms with van der Waals surface area (Å²) in [6, 6.07) is 16.0. The number of rotatable bonds is 8. The molecule has 0 spiro atoms. The molecule has 45 heavy (non-hydrogen) atoms. The Hall–Kier alpha value is -4.68. The van der Waals surface area contributed by atoms with Gasteiger partial charge in [-0.15, -0.1) is 0 Å². The quantitative estimate of drug-likeness (QED) is 0.177. The number of halogens is 2. The summed E-state index contributed by atoms with van der Waals surface area (Å²) in [5.41, 5.74) is 1.58. The number of benzene rings is 3. The molecule has 12 heteroatoms. The van der Waals surface area contributed by atoms with E-state index in [2.05, 4.69) is 32.2 Å². The van der Waals surface area contributed by atoms with E-state index in [0.717, 1.165) is 31.3 Å². The van der Waals surface area contributed by atoms with Crippen LogP contribution >= 0.6 is 0 Å². The van der Waals surface area contributed by atoms with E-state index in [1.54, 1.807) is 42.7 Å². The van der Waals surface area contributed by atoms with E-state index in [4.69, 9.17) is 9.72 Å². The number of nitrogens with one attached hydrogen (secondary N) is 3. The Kier molecular flexibility index (Phi) is 8.34. The van der Waals surface area contributed by atoms with Crippen molar-refractivity contribution in [3.63, 3.8) is 0 Å². The van der Waals surface area contributed by atoms with Gasteiger partial charge in [0, 0.05) is 41.5 Å². The molecule has 3 N–H and O–H groups in total. The molecule has 2 atom stereocenters.